The van der Waals surface area contributed by atoms with Gasteiger partial charge in [-0.1, -0.05) is 12.2 Å². The van der Waals surface area contributed by atoms with Crippen molar-refractivity contribution in [2.45, 2.75) is 6.92 Å². The van der Waals surface area contributed by atoms with Gasteiger partial charge in [0.15, 0.2) is 0 Å². The van der Waals surface area contributed by atoms with Crippen molar-refractivity contribution in [1.29, 1.82) is 0 Å². The van der Waals surface area contributed by atoms with E-state index in [1.165, 1.54) is 0 Å². The lowest BCUT2D eigenvalue weighted by atomic mass is 10.1. The maximum atomic E-state index is 5.38. The number of aryl methyl sites for hydroxylation is 2. The van der Waals surface area contributed by atoms with E-state index in [1.54, 1.807) is 7.11 Å². The summed E-state index contributed by atoms with van der Waals surface area (Å²) in [4.78, 5) is 0. The normalized spacial score (nSPS) is 10.6. The number of nitrogens with zero attached hydrogens (tertiary/aromatic N) is 1. The van der Waals surface area contributed by atoms with E-state index in [0.29, 0.717) is 0 Å². The molecule has 2 aromatic rings. The van der Waals surface area contributed by atoms with Crippen LogP contribution in [0.5, 0.6) is 5.75 Å². The quantitative estimate of drug-likeness (QED) is 0.684. The Morgan fingerprint density at radius 2 is 2.07 bits per heavy atom. The third kappa shape index (κ3) is 1.63. The maximum absolute atomic E-state index is 5.38. The van der Waals surface area contributed by atoms with Crippen LogP contribution in [0.3, 0.4) is 0 Å². The molecule has 0 unspecified atom stereocenters. The molecule has 0 saturated carbocycles. The molecule has 0 N–H and O–H groups in total. The summed E-state index contributed by atoms with van der Waals surface area (Å²) in [7, 11) is 3.69. The standard InChI is InChI=1S/C12H13NOS/c1-8-7-13(2)11-6-9(14-3)4-5-10(11)12(8)15/h4-7H,1-3H3. The molecule has 0 bridgehead atoms. The molecule has 0 amide bonds. The predicted octanol–water partition coefficient (Wildman–Crippen LogP) is 3.22. The summed E-state index contributed by atoms with van der Waals surface area (Å²) in [5, 5.41) is 1.10. The molecule has 0 spiro atoms. The number of methoxy groups -OCH3 is 1. The van der Waals surface area contributed by atoms with Crippen molar-refractivity contribution >= 4 is 23.1 Å². The summed E-state index contributed by atoms with van der Waals surface area (Å²) in [5.74, 6) is 0.858. The molecule has 0 radical (unpaired) electrons. The van der Waals surface area contributed by atoms with Gasteiger partial charge in [-0.25, -0.2) is 0 Å². The van der Waals surface area contributed by atoms with Crippen molar-refractivity contribution in [1.82, 2.24) is 4.57 Å². The van der Waals surface area contributed by atoms with Crippen LogP contribution in [0.1, 0.15) is 5.56 Å². The Hall–Kier alpha value is -1.35. The molecule has 2 nitrogen and oxygen atoms in total. The van der Waals surface area contributed by atoms with Gasteiger partial charge in [0.05, 0.1) is 17.1 Å². The Balaban J connectivity index is 2.90. The monoisotopic (exact) mass is 219 g/mol. The molecular formula is C12H13NOS. The van der Waals surface area contributed by atoms with E-state index < -0.39 is 0 Å². The molecule has 0 fully saturated rings. The highest BCUT2D eigenvalue weighted by Crippen LogP contribution is 2.22. The fourth-order valence-corrected chi connectivity index (χ4v) is 1.98. The van der Waals surface area contributed by atoms with Crippen molar-refractivity contribution in [3.05, 3.63) is 34.5 Å². The summed E-state index contributed by atoms with van der Waals surface area (Å²) in [5.41, 5.74) is 2.23. The van der Waals surface area contributed by atoms with Crippen molar-refractivity contribution in [2.24, 2.45) is 7.05 Å². The van der Waals surface area contributed by atoms with Crippen LogP contribution in [-0.2, 0) is 7.05 Å². The molecule has 0 aliphatic heterocycles. The minimum atomic E-state index is 0.858. The maximum Gasteiger partial charge on any atom is 0.120 e. The van der Waals surface area contributed by atoms with E-state index >= 15 is 0 Å². The lowest BCUT2D eigenvalue weighted by Gasteiger charge is -2.09. The number of rotatable bonds is 1. The number of pyridine rings is 1. The molecule has 78 valence electrons. The highest BCUT2D eigenvalue weighted by Gasteiger charge is 2.02. The van der Waals surface area contributed by atoms with Crippen LogP contribution in [0.15, 0.2) is 24.4 Å². The number of fused-ring (bicyclic) bond motifs is 1. The first-order valence-electron chi connectivity index (χ1n) is 4.77. The van der Waals surface area contributed by atoms with Gasteiger partial charge in [-0.05, 0) is 24.6 Å². The largest absolute Gasteiger partial charge is 0.497 e. The number of ether oxygens (including phenoxy) is 1. The smallest absolute Gasteiger partial charge is 0.120 e. The van der Waals surface area contributed by atoms with E-state index in [9.17, 15) is 0 Å². The minimum absolute atomic E-state index is 0.858. The second-order valence-electron chi connectivity index (χ2n) is 3.64. The fraction of sp³-hybridized carbons (Fsp3) is 0.250. The van der Waals surface area contributed by atoms with Gasteiger partial charge in [0.1, 0.15) is 5.75 Å². The molecule has 1 aromatic carbocycles. The molecule has 15 heavy (non-hydrogen) atoms. The molecule has 1 heterocycles. The van der Waals surface area contributed by atoms with Gasteiger partial charge in [0.2, 0.25) is 0 Å². The minimum Gasteiger partial charge on any atom is -0.497 e. The molecule has 0 atom stereocenters. The Morgan fingerprint density at radius 1 is 1.33 bits per heavy atom. The highest BCUT2D eigenvalue weighted by atomic mass is 32.1. The topological polar surface area (TPSA) is 14.2 Å². The van der Waals surface area contributed by atoms with Crippen LogP contribution in [0.25, 0.3) is 10.9 Å². The van der Waals surface area contributed by atoms with Gasteiger partial charge < -0.3 is 9.30 Å². The van der Waals surface area contributed by atoms with Gasteiger partial charge in [0.25, 0.3) is 0 Å². The van der Waals surface area contributed by atoms with Crippen LogP contribution in [0.4, 0.5) is 0 Å². The van der Waals surface area contributed by atoms with Crippen LogP contribution < -0.4 is 4.74 Å². The SMILES string of the molecule is COc1ccc2c(=S)c(C)cn(C)c2c1. The van der Waals surface area contributed by atoms with Gasteiger partial charge >= 0.3 is 0 Å². The predicted molar refractivity (Wildman–Crippen MR) is 65.0 cm³/mol. The zero-order valence-corrected chi connectivity index (χ0v) is 9.89. The second-order valence-corrected chi connectivity index (χ2v) is 4.04. The molecule has 2 rings (SSSR count). The van der Waals surface area contributed by atoms with Crippen molar-refractivity contribution < 1.29 is 4.74 Å². The summed E-state index contributed by atoms with van der Waals surface area (Å²) >= 11 is 5.38. The number of hydrogen-bond acceptors (Lipinski definition) is 2. The van der Waals surface area contributed by atoms with Gasteiger partial charge in [-0.15, -0.1) is 0 Å². The average molecular weight is 219 g/mol. The van der Waals surface area contributed by atoms with E-state index in [4.69, 9.17) is 17.0 Å². The molecular weight excluding hydrogens is 206 g/mol. The summed E-state index contributed by atoms with van der Waals surface area (Å²) in [6.45, 7) is 2.03. The van der Waals surface area contributed by atoms with E-state index in [2.05, 4.69) is 4.57 Å². The number of hydrogen-bond donors (Lipinski definition) is 0. The van der Waals surface area contributed by atoms with Gasteiger partial charge in [-0.3, -0.25) is 0 Å². The summed E-state index contributed by atoms with van der Waals surface area (Å²) in [6.07, 6.45) is 2.05. The fourth-order valence-electron chi connectivity index (χ4n) is 1.75. The molecule has 0 saturated heterocycles. The third-order valence-electron chi connectivity index (χ3n) is 2.57. The Bertz CT molecular complexity index is 572. The highest BCUT2D eigenvalue weighted by molar-refractivity contribution is 7.71. The van der Waals surface area contributed by atoms with E-state index in [1.807, 2.05) is 38.4 Å². The third-order valence-corrected chi connectivity index (χ3v) is 3.12. The Labute approximate surface area is 94.1 Å². The van der Waals surface area contributed by atoms with Gasteiger partial charge in [0, 0.05) is 24.7 Å². The van der Waals surface area contributed by atoms with Crippen LogP contribution in [-0.4, -0.2) is 11.7 Å². The van der Waals surface area contributed by atoms with E-state index in [0.717, 1.165) is 26.7 Å². The van der Waals surface area contributed by atoms with E-state index in [-0.39, 0.29) is 0 Å². The number of aromatic nitrogens is 1. The van der Waals surface area contributed by atoms with Crippen molar-refractivity contribution in [3.8, 4) is 5.75 Å². The zero-order chi connectivity index (χ0) is 11.0. The van der Waals surface area contributed by atoms with Gasteiger partial charge in [-0.2, -0.15) is 0 Å². The first-order valence-corrected chi connectivity index (χ1v) is 5.18. The summed E-state index contributed by atoms with van der Waals surface area (Å²) in [6, 6.07) is 5.96. The lowest BCUT2D eigenvalue weighted by Crippen LogP contribution is -1.95. The molecule has 3 heteroatoms. The second kappa shape index (κ2) is 3.66. The molecule has 1 aromatic heterocycles. The first kappa shape index (κ1) is 10.2. The van der Waals surface area contributed by atoms with Crippen molar-refractivity contribution in [2.75, 3.05) is 7.11 Å². The molecule has 0 aliphatic carbocycles. The molecule has 0 aliphatic rings. The first-order chi connectivity index (χ1) is 7.13. The van der Waals surface area contributed by atoms with Crippen molar-refractivity contribution in [3.63, 3.8) is 0 Å². The Kier molecular flexibility index (Phi) is 2.49. The zero-order valence-electron chi connectivity index (χ0n) is 9.07. The number of benzene rings is 1. The summed E-state index contributed by atoms with van der Waals surface area (Å²) < 4.78 is 8.19. The lowest BCUT2D eigenvalue weighted by molar-refractivity contribution is 0.415. The van der Waals surface area contributed by atoms with Crippen LogP contribution in [0, 0.1) is 11.4 Å². The van der Waals surface area contributed by atoms with Crippen LogP contribution >= 0.6 is 12.2 Å². The average Bonchev–Trinajstić information content (AvgIpc) is 2.25. The van der Waals surface area contributed by atoms with Crippen LogP contribution in [0.2, 0.25) is 0 Å². The Morgan fingerprint density at radius 3 is 2.73 bits per heavy atom.